The van der Waals surface area contributed by atoms with Crippen LogP contribution in [0, 0.1) is 17.2 Å². The summed E-state index contributed by atoms with van der Waals surface area (Å²) in [6.45, 7) is 9.17. The van der Waals surface area contributed by atoms with Crippen molar-refractivity contribution in [3.05, 3.63) is 0 Å². The Bertz CT molecular complexity index is 153. The standard InChI is InChI=1S/C9H18N2/c1-8(2)6-11(5)9(3,4)7-10/h8H,6H2,1-5H3. The van der Waals surface area contributed by atoms with E-state index in [1.54, 1.807) is 0 Å². The van der Waals surface area contributed by atoms with E-state index in [4.69, 9.17) is 5.26 Å². The minimum atomic E-state index is -0.329. The van der Waals surface area contributed by atoms with Gasteiger partial charge in [-0.3, -0.25) is 4.90 Å². The van der Waals surface area contributed by atoms with Crippen molar-refractivity contribution in [1.29, 1.82) is 5.26 Å². The molecule has 0 aliphatic heterocycles. The second kappa shape index (κ2) is 3.73. The smallest absolute Gasteiger partial charge is 0.103 e. The van der Waals surface area contributed by atoms with Crippen LogP contribution in [0.4, 0.5) is 0 Å². The van der Waals surface area contributed by atoms with Gasteiger partial charge in [0.05, 0.1) is 6.07 Å². The molecule has 0 saturated carbocycles. The summed E-state index contributed by atoms with van der Waals surface area (Å²) >= 11 is 0. The van der Waals surface area contributed by atoms with Gasteiger partial charge < -0.3 is 0 Å². The van der Waals surface area contributed by atoms with Gasteiger partial charge in [-0.2, -0.15) is 5.26 Å². The van der Waals surface area contributed by atoms with E-state index in [0.717, 1.165) is 6.54 Å². The number of nitriles is 1. The highest BCUT2D eigenvalue weighted by Gasteiger charge is 2.22. The first-order valence-corrected chi connectivity index (χ1v) is 4.02. The van der Waals surface area contributed by atoms with Gasteiger partial charge in [0.1, 0.15) is 5.54 Å². The molecule has 0 radical (unpaired) electrons. The summed E-state index contributed by atoms with van der Waals surface area (Å²) in [4.78, 5) is 2.08. The molecular formula is C9H18N2. The van der Waals surface area contributed by atoms with Crippen LogP contribution in [0.5, 0.6) is 0 Å². The minimum absolute atomic E-state index is 0.329. The molecule has 0 N–H and O–H groups in total. The Morgan fingerprint density at radius 3 is 2.18 bits per heavy atom. The van der Waals surface area contributed by atoms with Crippen LogP contribution in [0.3, 0.4) is 0 Å². The first-order valence-electron chi connectivity index (χ1n) is 4.02. The van der Waals surface area contributed by atoms with Gasteiger partial charge in [-0.1, -0.05) is 13.8 Å². The fraction of sp³-hybridized carbons (Fsp3) is 0.889. The van der Waals surface area contributed by atoms with Crippen LogP contribution in [0.25, 0.3) is 0 Å². The maximum atomic E-state index is 8.79. The van der Waals surface area contributed by atoms with E-state index in [0.29, 0.717) is 5.92 Å². The summed E-state index contributed by atoms with van der Waals surface area (Å²) in [5.74, 6) is 0.618. The Morgan fingerprint density at radius 1 is 1.45 bits per heavy atom. The lowest BCUT2D eigenvalue weighted by molar-refractivity contribution is 0.189. The van der Waals surface area contributed by atoms with Crippen LogP contribution in [0.2, 0.25) is 0 Å². The lowest BCUT2D eigenvalue weighted by atomic mass is 10.0. The van der Waals surface area contributed by atoms with Crippen molar-refractivity contribution in [1.82, 2.24) is 4.90 Å². The minimum Gasteiger partial charge on any atom is -0.289 e. The van der Waals surface area contributed by atoms with Crippen LogP contribution in [-0.2, 0) is 0 Å². The molecule has 0 unspecified atom stereocenters. The summed E-state index contributed by atoms with van der Waals surface area (Å²) < 4.78 is 0. The first-order chi connectivity index (χ1) is 4.90. The van der Waals surface area contributed by atoms with Gasteiger partial charge >= 0.3 is 0 Å². The van der Waals surface area contributed by atoms with Gasteiger partial charge in [0.15, 0.2) is 0 Å². The Hall–Kier alpha value is -0.550. The summed E-state index contributed by atoms with van der Waals surface area (Å²) in [6, 6.07) is 2.27. The lowest BCUT2D eigenvalue weighted by Crippen LogP contribution is -2.41. The highest BCUT2D eigenvalue weighted by atomic mass is 15.2. The van der Waals surface area contributed by atoms with Crippen molar-refractivity contribution < 1.29 is 0 Å². The summed E-state index contributed by atoms with van der Waals surface area (Å²) in [7, 11) is 1.99. The van der Waals surface area contributed by atoms with Gasteiger partial charge in [0.2, 0.25) is 0 Å². The van der Waals surface area contributed by atoms with Crippen molar-refractivity contribution in [3.8, 4) is 6.07 Å². The Labute approximate surface area is 69.8 Å². The molecule has 0 aliphatic rings. The zero-order chi connectivity index (χ0) is 9.07. The molecule has 0 bridgehead atoms. The molecule has 0 aromatic heterocycles. The zero-order valence-corrected chi connectivity index (χ0v) is 8.18. The van der Waals surface area contributed by atoms with Crippen molar-refractivity contribution in [2.45, 2.75) is 33.2 Å². The monoisotopic (exact) mass is 154 g/mol. The summed E-state index contributed by atoms with van der Waals surface area (Å²) in [5, 5.41) is 8.79. The maximum absolute atomic E-state index is 8.79. The molecule has 11 heavy (non-hydrogen) atoms. The number of hydrogen-bond donors (Lipinski definition) is 0. The van der Waals surface area contributed by atoms with E-state index in [9.17, 15) is 0 Å². The van der Waals surface area contributed by atoms with Gasteiger partial charge in [0, 0.05) is 6.54 Å². The van der Waals surface area contributed by atoms with Crippen LogP contribution in [-0.4, -0.2) is 24.0 Å². The second-order valence-corrected chi connectivity index (χ2v) is 3.95. The van der Waals surface area contributed by atoms with Crippen molar-refractivity contribution >= 4 is 0 Å². The lowest BCUT2D eigenvalue weighted by Gasteiger charge is -2.30. The molecule has 0 aromatic rings. The average Bonchev–Trinajstić information content (AvgIpc) is 1.86. The Balaban J connectivity index is 4.04. The Morgan fingerprint density at radius 2 is 1.91 bits per heavy atom. The van der Waals surface area contributed by atoms with E-state index < -0.39 is 0 Å². The van der Waals surface area contributed by atoms with E-state index >= 15 is 0 Å². The molecule has 0 rings (SSSR count). The molecule has 0 aromatic carbocycles. The number of rotatable bonds is 3. The molecule has 2 nitrogen and oxygen atoms in total. The van der Waals surface area contributed by atoms with Crippen LogP contribution < -0.4 is 0 Å². The van der Waals surface area contributed by atoms with E-state index in [2.05, 4.69) is 24.8 Å². The second-order valence-electron chi connectivity index (χ2n) is 3.95. The van der Waals surface area contributed by atoms with Crippen molar-refractivity contribution in [2.24, 2.45) is 5.92 Å². The fourth-order valence-corrected chi connectivity index (χ4v) is 0.861. The third-order valence-corrected chi connectivity index (χ3v) is 1.87. The summed E-state index contributed by atoms with van der Waals surface area (Å²) in [6.07, 6.45) is 0. The largest absolute Gasteiger partial charge is 0.289 e. The van der Waals surface area contributed by atoms with Crippen molar-refractivity contribution in [2.75, 3.05) is 13.6 Å². The maximum Gasteiger partial charge on any atom is 0.103 e. The van der Waals surface area contributed by atoms with Gasteiger partial charge in [-0.25, -0.2) is 0 Å². The number of hydrogen-bond acceptors (Lipinski definition) is 2. The molecular weight excluding hydrogens is 136 g/mol. The third kappa shape index (κ3) is 3.38. The SMILES string of the molecule is CC(C)CN(C)C(C)(C)C#N. The van der Waals surface area contributed by atoms with Gasteiger partial charge in [-0.15, -0.1) is 0 Å². The van der Waals surface area contributed by atoms with Crippen LogP contribution >= 0.6 is 0 Å². The number of nitrogens with zero attached hydrogens (tertiary/aromatic N) is 2. The summed E-state index contributed by atoms with van der Waals surface area (Å²) in [5.41, 5.74) is -0.329. The van der Waals surface area contributed by atoms with Crippen LogP contribution in [0.1, 0.15) is 27.7 Å². The molecule has 0 heterocycles. The quantitative estimate of drug-likeness (QED) is 0.620. The topological polar surface area (TPSA) is 27.0 Å². The van der Waals surface area contributed by atoms with E-state index in [1.807, 2.05) is 20.9 Å². The predicted molar refractivity (Wildman–Crippen MR) is 47.2 cm³/mol. The predicted octanol–water partition coefficient (Wildman–Crippen LogP) is 1.88. The third-order valence-electron chi connectivity index (χ3n) is 1.87. The molecule has 0 fully saturated rings. The molecule has 2 heteroatoms. The molecule has 64 valence electrons. The molecule has 0 aliphatic carbocycles. The van der Waals surface area contributed by atoms with E-state index in [-0.39, 0.29) is 5.54 Å². The average molecular weight is 154 g/mol. The first kappa shape index (κ1) is 10.4. The highest BCUT2D eigenvalue weighted by molar-refractivity contribution is 5.00. The van der Waals surface area contributed by atoms with Gasteiger partial charge in [0.25, 0.3) is 0 Å². The molecule has 0 saturated heterocycles. The normalized spacial score (nSPS) is 12.2. The molecule has 0 amide bonds. The highest BCUT2D eigenvalue weighted by Crippen LogP contribution is 2.11. The zero-order valence-electron chi connectivity index (χ0n) is 8.18. The Kier molecular flexibility index (Phi) is 3.54. The fourth-order valence-electron chi connectivity index (χ4n) is 0.861. The van der Waals surface area contributed by atoms with Crippen molar-refractivity contribution in [3.63, 3.8) is 0 Å². The van der Waals surface area contributed by atoms with Crippen LogP contribution in [0.15, 0.2) is 0 Å². The van der Waals surface area contributed by atoms with E-state index in [1.165, 1.54) is 0 Å². The molecule has 0 atom stereocenters. The molecule has 0 spiro atoms. The van der Waals surface area contributed by atoms with Gasteiger partial charge in [-0.05, 0) is 26.8 Å².